The molecule has 0 aliphatic rings. The van der Waals surface area contributed by atoms with Crippen molar-refractivity contribution in [2.24, 2.45) is 5.84 Å². The quantitative estimate of drug-likeness (QED) is 0.169. The Balaban J connectivity index is 0.000000302. The highest BCUT2D eigenvalue weighted by atomic mass is 16.4. The Kier molecular flexibility index (Phi) is 6.39. The van der Waals surface area contributed by atoms with Gasteiger partial charge >= 0.3 is 5.97 Å². The molecule has 0 fully saturated rings. The van der Waals surface area contributed by atoms with Crippen molar-refractivity contribution in [1.82, 2.24) is 15.6 Å². The molecule has 0 atom stereocenters. The van der Waals surface area contributed by atoms with Gasteiger partial charge < -0.3 is 5.11 Å². The summed E-state index contributed by atoms with van der Waals surface area (Å²) in [5.41, 5.74) is 1.13. The number of hydrazine groups is 1. The number of amides is 1. The molecule has 0 aliphatic carbocycles. The first kappa shape index (κ1) is 14.3. The summed E-state index contributed by atoms with van der Waals surface area (Å²) < 4.78 is 0. The van der Waals surface area contributed by atoms with E-state index in [1.807, 2.05) is 0 Å². The molecule has 92 valence electrons. The van der Waals surface area contributed by atoms with E-state index in [2.05, 4.69) is 16.0 Å². The molecule has 9 heteroatoms. The van der Waals surface area contributed by atoms with Gasteiger partial charge in [0, 0.05) is 24.3 Å². The maximum atomic E-state index is 10.2. The number of nitrogens with one attached hydrogen (secondary N) is 3. The number of nitrogens with two attached hydrogens (primary N) is 1. The van der Waals surface area contributed by atoms with Crippen LogP contribution in [0.25, 0.3) is 0 Å². The Bertz CT molecular complexity index is 463. The number of rotatable bonds is 2. The smallest absolute Gasteiger partial charge is 0.328 e. The van der Waals surface area contributed by atoms with E-state index < -0.39 is 11.9 Å². The van der Waals surface area contributed by atoms with Gasteiger partial charge in [0.05, 0.1) is 0 Å². The van der Waals surface area contributed by atoms with E-state index in [1.54, 1.807) is 5.43 Å². The van der Waals surface area contributed by atoms with Crippen molar-refractivity contribution in [3.05, 3.63) is 45.0 Å². The highest BCUT2D eigenvalue weighted by Crippen LogP contribution is 1.70. The highest BCUT2D eigenvalue weighted by Gasteiger charge is 1.90. The summed E-state index contributed by atoms with van der Waals surface area (Å²) in [7, 11) is 0. The minimum Gasteiger partial charge on any atom is -0.478 e. The van der Waals surface area contributed by atoms with E-state index in [0.29, 0.717) is 6.08 Å². The van der Waals surface area contributed by atoms with E-state index in [1.165, 1.54) is 12.1 Å². The minimum atomic E-state index is -1.18. The summed E-state index contributed by atoms with van der Waals surface area (Å²) in [5.74, 6) is 2.79. The molecule has 1 aromatic rings. The van der Waals surface area contributed by atoms with Gasteiger partial charge in [-0.2, -0.15) is 0 Å². The number of hydrogen-bond acceptors (Lipinski definition) is 5. The standard InChI is InChI=1S/C4H6N2O3.C4H4N2O2/c5-6-3(7)1-2-4(8)9;7-3-1-2-4(8)6-5-3/h1-2H,5H2,(H,6,7)(H,8,9);1-2H,(H,5,7)(H,6,8). The lowest BCUT2D eigenvalue weighted by molar-refractivity contribution is -0.131. The monoisotopic (exact) mass is 242 g/mol. The van der Waals surface area contributed by atoms with Crippen LogP contribution in [0.5, 0.6) is 0 Å². The van der Waals surface area contributed by atoms with Crippen molar-refractivity contribution in [3.8, 4) is 0 Å². The summed E-state index contributed by atoms with van der Waals surface area (Å²) in [4.78, 5) is 40.2. The molecule has 0 saturated carbocycles. The Hall–Kier alpha value is -2.68. The number of H-pyrrole nitrogens is 2. The van der Waals surface area contributed by atoms with Crippen LogP contribution in [-0.2, 0) is 9.59 Å². The number of carbonyl (C=O) groups excluding carboxylic acids is 1. The molecule has 17 heavy (non-hydrogen) atoms. The normalized spacial score (nSPS) is 9.24. The number of aromatic amines is 2. The van der Waals surface area contributed by atoms with E-state index >= 15 is 0 Å². The zero-order valence-corrected chi connectivity index (χ0v) is 8.47. The van der Waals surface area contributed by atoms with Crippen LogP contribution in [0.1, 0.15) is 0 Å². The SMILES string of the molecule is NNC(=O)C=CC(=O)O.O=c1ccc(=O)[nH][nH]1. The molecule has 1 aromatic heterocycles. The third-order valence-corrected chi connectivity index (χ3v) is 1.21. The molecule has 1 heterocycles. The van der Waals surface area contributed by atoms with Crippen LogP contribution in [0, 0.1) is 0 Å². The zero-order valence-electron chi connectivity index (χ0n) is 8.47. The fourth-order valence-corrected chi connectivity index (χ4v) is 0.553. The molecule has 0 radical (unpaired) electrons. The van der Waals surface area contributed by atoms with Crippen molar-refractivity contribution in [3.63, 3.8) is 0 Å². The van der Waals surface area contributed by atoms with E-state index in [4.69, 9.17) is 5.11 Å². The molecule has 0 aromatic carbocycles. The predicted molar refractivity (Wildman–Crippen MR) is 56.8 cm³/mol. The van der Waals surface area contributed by atoms with Crippen LogP contribution >= 0.6 is 0 Å². The number of carboxylic acids is 1. The average Bonchev–Trinajstić information content (AvgIpc) is 2.30. The van der Waals surface area contributed by atoms with Gasteiger partial charge in [-0.25, -0.2) is 10.6 Å². The van der Waals surface area contributed by atoms with Crippen molar-refractivity contribution in [2.75, 3.05) is 0 Å². The second-order valence-corrected chi connectivity index (χ2v) is 2.49. The first-order valence-corrected chi connectivity index (χ1v) is 4.15. The van der Waals surface area contributed by atoms with Crippen LogP contribution in [0.3, 0.4) is 0 Å². The fourth-order valence-electron chi connectivity index (χ4n) is 0.553. The summed E-state index contributed by atoms with van der Waals surface area (Å²) in [5, 5.41) is 12.2. The van der Waals surface area contributed by atoms with Gasteiger partial charge in [0.2, 0.25) is 0 Å². The van der Waals surface area contributed by atoms with Crippen molar-refractivity contribution >= 4 is 11.9 Å². The van der Waals surface area contributed by atoms with Gasteiger partial charge in [0.1, 0.15) is 0 Å². The zero-order chi connectivity index (χ0) is 13.3. The van der Waals surface area contributed by atoms with E-state index in [0.717, 1.165) is 6.08 Å². The Morgan fingerprint density at radius 3 is 1.94 bits per heavy atom. The Morgan fingerprint density at radius 2 is 1.65 bits per heavy atom. The molecule has 0 aliphatic heterocycles. The maximum Gasteiger partial charge on any atom is 0.328 e. The lowest BCUT2D eigenvalue weighted by Gasteiger charge is -1.85. The summed E-state index contributed by atoms with van der Waals surface area (Å²) >= 11 is 0. The Morgan fingerprint density at radius 1 is 1.18 bits per heavy atom. The highest BCUT2D eigenvalue weighted by molar-refractivity contribution is 5.93. The van der Waals surface area contributed by atoms with E-state index in [9.17, 15) is 19.2 Å². The molecule has 0 unspecified atom stereocenters. The van der Waals surface area contributed by atoms with Gasteiger partial charge in [0.15, 0.2) is 0 Å². The lowest BCUT2D eigenvalue weighted by Crippen LogP contribution is -2.28. The first-order valence-electron chi connectivity index (χ1n) is 4.15. The molecular weight excluding hydrogens is 232 g/mol. The Labute approximate surface area is 93.9 Å². The number of hydrogen-bond donors (Lipinski definition) is 5. The number of aliphatic carboxylic acids is 1. The molecular formula is C8H10N4O5. The number of aromatic nitrogens is 2. The van der Waals surface area contributed by atoms with Crippen LogP contribution in [0.15, 0.2) is 33.9 Å². The number of carboxylic acid groups (broad SMARTS) is 1. The van der Waals surface area contributed by atoms with Gasteiger partial charge in [-0.1, -0.05) is 0 Å². The molecule has 0 bridgehead atoms. The molecule has 0 spiro atoms. The van der Waals surface area contributed by atoms with Crippen LogP contribution in [0.2, 0.25) is 0 Å². The van der Waals surface area contributed by atoms with Crippen LogP contribution in [-0.4, -0.2) is 27.2 Å². The second-order valence-electron chi connectivity index (χ2n) is 2.49. The fraction of sp³-hybridized carbons (Fsp3) is 0. The lowest BCUT2D eigenvalue weighted by atomic mass is 10.5. The predicted octanol–water partition coefficient (Wildman–Crippen LogP) is -2.32. The topological polar surface area (TPSA) is 158 Å². The average molecular weight is 242 g/mol. The van der Waals surface area contributed by atoms with Crippen molar-refractivity contribution < 1.29 is 14.7 Å². The molecule has 1 rings (SSSR count). The molecule has 6 N–H and O–H groups in total. The largest absolute Gasteiger partial charge is 0.478 e. The third kappa shape index (κ3) is 8.32. The number of carbonyl (C=O) groups is 2. The molecule has 1 amide bonds. The third-order valence-electron chi connectivity index (χ3n) is 1.21. The van der Waals surface area contributed by atoms with Gasteiger partial charge in [-0.15, -0.1) is 0 Å². The van der Waals surface area contributed by atoms with Gasteiger partial charge in [-0.05, 0) is 0 Å². The first-order chi connectivity index (χ1) is 7.95. The van der Waals surface area contributed by atoms with Crippen LogP contribution in [0.4, 0.5) is 0 Å². The summed E-state index contributed by atoms with van der Waals surface area (Å²) in [6.07, 6.45) is 1.52. The van der Waals surface area contributed by atoms with Crippen LogP contribution < -0.4 is 22.4 Å². The summed E-state index contributed by atoms with van der Waals surface area (Å²) in [6, 6.07) is 2.33. The minimum absolute atomic E-state index is 0.301. The van der Waals surface area contributed by atoms with Gasteiger partial charge in [-0.3, -0.25) is 30.0 Å². The molecule has 9 nitrogen and oxygen atoms in total. The van der Waals surface area contributed by atoms with E-state index in [-0.39, 0.29) is 11.1 Å². The van der Waals surface area contributed by atoms with Crippen molar-refractivity contribution in [1.29, 1.82) is 0 Å². The summed E-state index contributed by atoms with van der Waals surface area (Å²) in [6.45, 7) is 0. The van der Waals surface area contributed by atoms with Gasteiger partial charge in [0.25, 0.3) is 17.0 Å². The second kappa shape index (κ2) is 7.59. The van der Waals surface area contributed by atoms with Crippen molar-refractivity contribution in [2.45, 2.75) is 0 Å². The maximum absolute atomic E-state index is 10.2. The molecule has 0 saturated heterocycles.